The number of nitrogens with zero attached hydrogens (tertiary/aromatic N) is 1. The zero-order valence-corrected chi connectivity index (χ0v) is 16.0. The van der Waals surface area contributed by atoms with Gasteiger partial charge in [0.25, 0.3) is 0 Å². The molecule has 6 heteroatoms. The lowest BCUT2D eigenvalue weighted by atomic mass is 10.2. The molecule has 23 heavy (non-hydrogen) atoms. The van der Waals surface area contributed by atoms with Gasteiger partial charge < -0.3 is 5.11 Å². The highest BCUT2D eigenvalue weighted by Crippen LogP contribution is 2.16. The Balaban J connectivity index is 3.07. The largest absolute Gasteiger partial charge is 0.392 e. The van der Waals surface area contributed by atoms with Crippen molar-refractivity contribution in [1.82, 2.24) is 4.31 Å². The zero-order chi connectivity index (χ0) is 17.5. The Bertz CT molecular complexity index is 692. The van der Waals surface area contributed by atoms with Crippen LogP contribution >= 0.6 is 0 Å². The van der Waals surface area contributed by atoms with Crippen LogP contribution in [0.5, 0.6) is 0 Å². The lowest BCUT2D eigenvalue weighted by Gasteiger charge is -2.18. The number of aliphatic hydroxyl groups is 1. The fraction of sp³-hybridized carbons (Fsp3) is 0.412. The Morgan fingerprint density at radius 3 is 2.30 bits per heavy atom. The molecular formula is C17H25NO3SSi. The second-order valence-corrected chi connectivity index (χ2v) is 13.0. The molecular weight excluding hydrogens is 326 g/mol. The van der Waals surface area contributed by atoms with Crippen LogP contribution in [0.1, 0.15) is 5.56 Å². The van der Waals surface area contributed by atoms with Crippen LogP contribution in [-0.2, 0) is 10.0 Å². The Labute approximate surface area is 140 Å². The highest BCUT2D eigenvalue weighted by atomic mass is 32.2. The molecule has 0 aliphatic carbocycles. The number of hydrogen-bond acceptors (Lipinski definition) is 3. The van der Waals surface area contributed by atoms with E-state index in [1.54, 1.807) is 30.3 Å². The molecule has 1 N–H and O–H groups in total. The summed E-state index contributed by atoms with van der Waals surface area (Å²) >= 11 is 0. The van der Waals surface area contributed by atoms with Crippen molar-refractivity contribution in [3.05, 3.63) is 42.0 Å². The van der Waals surface area contributed by atoms with Gasteiger partial charge in [-0.25, -0.2) is 8.42 Å². The first kappa shape index (κ1) is 19.7. The quantitative estimate of drug-likeness (QED) is 0.486. The summed E-state index contributed by atoms with van der Waals surface area (Å²) in [5, 5.41) is 8.84. The standard InChI is InChI=1S/C17H25NO3SSi/c1-16-8-10-17(11-9-16)22(20,21)18(12-5-6-14-19)13-7-15-23(2,3)4/h5-6,8-11,19H,12-14H2,1-4H3/b6-5-. The van der Waals surface area contributed by atoms with E-state index in [1.807, 2.05) is 6.92 Å². The van der Waals surface area contributed by atoms with Crippen LogP contribution in [-0.4, -0.2) is 45.6 Å². The molecule has 0 amide bonds. The van der Waals surface area contributed by atoms with Gasteiger partial charge in [0.05, 0.1) is 18.0 Å². The molecule has 1 aromatic rings. The van der Waals surface area contributed by atoms with Gasteiger partial charge in [-0.2, -0.15) is 4.31 Å². The van der Waals surface area contributed by atoms with E-state index in [-0.39, 0.29) is 24.6 Å². The SMILES string of the molecule is Cc1ccc(S(=O)(=O)N(CC#C[Si](C)(C)C)C/C=C\CO)cc1. The zero-order valence-electron chi connectivity index (χ0n) is 14.2. The van der Waals surface area contributed by atoms with Gasteiger partial charge in [0.1, 0.15) is 8.07 Å². The van der Waals surface area contributed by atoms with Crippen molar-refractivity contribution in [3.63, 3.8) is 0 Å². The Morgan fingerprint density at radius 2 is 1.78 bits per heavy atom. The third-order valence-corrected chi connectivity index (χ3v) is 5.71. The van der Waals surface area contributed by atoms with Gasteiger partial charge in [-0.1, -0.05) is 55.4 Å². The summed E-state index contributed by atoms with van der Waals surface area (Å²) in [6, 6.07) is 6.78. The van der Waals surface area contributed by atoms with Crippen molar-refractivity contribution in [2.45, 2.75) is 31.5 Å². The minimum Gasteiger partial charge on any atom is -0.392 e. The third kappa shape index (κ3) is 6.71. The van der Waals surface area contributed by atoms with E-state index in [4.69, 9.17) is 5.11 Å². The van der Waals surface area contributed by atoms with Gasteiger partial charge in [-0.05, 0) is 19.1 Å². The first-order valence-electron chi connectivity index (χ1n) is 7.49. The number of hydrogen-bond donors (Lipinski definition) is 1. The maximum absolute atomic E-state index is 12.8. The van der Waals surface area contributed by atoms with E-state index in [0.29, 0.717) is 0 Å². The average molecular weight is 352 g/mol. The summed E-state index contributed by atoms with van der Waals surface area (Å²) in [6.45, 7) is 8.49. The highest BCUT2D eigenvalue weighted by Gasteiger charge is 2.22. The minimum absolute atomic E-state index is 0.112. The van der Waals surface area contributed by atoms with Crippen LogP contribution in [0, 0.1) is 18.4 Å². The van der Waals surface area contributed by atoms with E-state index in [9.17, 15) is 8.42 Å². The van der Waals surface area contributed by atoms with Gasteiger partial charge in [0.2, 0.25) is 10.0 Å². The van der Waals surface area contributed by atoms with E-state index in [0.717, 1.165) is 5.56 Å². The summed E-state index contributed by atoms with van der Waals surface area (Å²) in [5.41, 5.74) is 4.19. The van der Waals surface area contributed by atoms with Crippen LogP contribution in [0.15, 0.2) is 41.3 Å². The van der Waals surface area contributed by atoms with Gasteiger partial charge in [0.15, 0.2) is 0 Å². The average Bonchev–Trinajstić information content (AvgIpc) is 2.45. The molecule has 0 bridgehead atoms. The lowest BCUT2D eigenvalue weighted by Crippen LogP contribution is -2.32. The third-order valence-electron chi connectivity index (χ3n) is 2.96. The molecule has 4 nitrogen and oxygen atoms in total. The van der Waals surface area contributed by atoms with Crippen molar-refractivity contribution < 1.29 is 13.5 Å². The first-order valence-corrected chi connectivity index (χ1v) is 12.4. The number of sulfonamides is 1. The van der Waals surface area contributed by atoms with Crippen molar-refractivity contribution in [2.24, 2.45) is 0 Å². The summed E-state index contributed by atoms with van der Waals surface area (Å²) in [5.74, 6) is 3.00. The molecule has 0 aliphatic rings. The van der Waals surface area contributed by atoms with Gasteiger partial charge >= 0.3 is 0 Å². The van der Waals surface area contributed by atoms with Crippen molar-refractivity contribution in [1.29, 1.82) is 0 Å². The first-order chi connectivity index (χ1) is 10.7. The predicted octanol–water partition coefficient (Wildman–Crippen LogP) is 2.42. The fourth-order valence-electron chi connectivity index (χ4n) is 1.77. The molecule has 0 aliphatic heterocycles. The molecule has 0 atom stereocenters. The van der Waals surface area contributed by atoms with E-state index in [2.05, 4.69) is 31.1 Å². The molecule has 0 radical (unpaired) electrons. The van der Waals surface area contributed by atoms with Crippen molar-refractivity contribution in [3.8, 4) is 11.5 Å². The van der Waals surface area contributed by atoms with Crippen LogP contribution in [0.25, 0.3) is 0 Å². The van der Waals surface area contributed by atoms with E-state index in [1.165, 1.54) is 10.4 Å². The lowest BCUT2D eigenvalue weighted by molar-refractivity contribution is 0.342. The second-order valence-electron chi connectivity index (χ2n) is 6.32. The molecule has 0 fully saturated rings. The number of aliphatic hydroxyl groups excluding tert-OH is 1. The molecule has 0 unspecified atom stereocenters. The minimum atomic E-state index is -3.60. The van der Waals surface area contributed by atoms with Gasteiger partial charge in [-0.15, -0.1) is 5.54 Å². The molecule has 0 aromatic heterocycles. The van der Waals surface area contributed by atoms with Gasteiger partial charge in [0, 0.05) is 6.54 Å². The van der Waals surface area contributed by atoms with E-state index < -0.39 is 18.1 Å². The maximum atomic E-state index is 12.8. The topological polar surface area (TPSA) is 57.6 Å². The number of benzene rings is 1. The summed E-state index contributed by atoms with van der Waals surface area (Å²) < 4.78 is 26.9. The van der Waals surface area contributed by atoms with Crippen LogP contribution in [0.3, 0.4) is 0 Å². The smallest absolute Gasteiger partial charge is 0.244 e. The Hall–Kier alpha value is -1.39. The monoisotopic (exact) mass is 351 g/mol. The van der Waals surface area contributed by atoms with Crippen LogP contribution < -0.4 is 0 Å². The Kier molecular flexibility index (Phi) is 7.23. The highest BCUT2D eigenvalue weighted by molar-refractivity contribution is 7.89. The second kappa shape index (κ2) is 8.46. The molecule has 0 saturated carbocycles. The van der Waals surface area contributed by atoms with E-state index >= 15 is 0 Å². The van der Waals surface area contributed by atoms with Crippen molar-refractivity contribution in [2.75, 3.05) is 19.7 Å². The van der Waals surface area contributed by atoms with Crippen molar-refractivity contribution >= 4 is 18.1 Å². The fourth-order valence-corrected chi connectivity index (χ4v) is 3.67. The molecule has 126 valence electrons. The summed E-state index contributed by atoms with van der Waals surface area (Å²) in [7, 11) is -5.15. The number of aryl methyl sites for hydroxylation is 1. The number of rotatable bonds is 6. The van der Waals surface area contributed by atoms with Gasteiger partial charge in [-0.3, -0.25) is 0 Å². The normalized spacial score (nSPS) is 12.4. The summed E-state index contributed by atoms with van der Waals surface area (Å²) in [6.07, 6.45) is 3.17. The van der Waals surface area contributed by atoms with Crippen LogP contribution in [0.4, 0.5) is 0 Å². The molecule has 1 aromatic carbocycles. The van der Waals surface area contributed by atoms with Crippen LogP contribution in [0.2, 0.25) is 19.6 Å². The maximum Gasteiger partial charge on any atom is 0.244 e. The molecule has 0 spiro atoms. The molecule has 0 saturated heterocycles. The Morgan fingerprint density at radius 1 is 1.17 bits per heavy atom. The molecule has 0 heterocycles. The predicted molar refractivity (Wildman–Crippen MR) is 97.3 cm³/mol. The summed E-state index contributed by atoms with van der Waals surface area (Å²) in [4.78, 5) is 0.260. The molecule has 1 rings (SSSR count).